The van der Waals surface area contributed by atoms with Gasteiger partial charge in [-0.1, -0.05) is 82.3 Å². The van der Waals surface area contributed by atoms with Crippen LogP contribution in [0.1, 0.15) is 55.6 Å². The maximum Gasteiger partial charge on any atom is 0.305 e. The third-order valence-electron chi connectivity index (χ3n) is 7.61. The number of hydrogen-bond donors (Lipinski definition) is 0. The Morgan fingerprint density at radius 2 is 1.67 bits per heavy atom. The molecule has 33 heavy (non-hydrogen) atoms. The Balaban J connectivity index is 1.89. The van der Waals surface area contributed by atoms with E-state index in [0.29, 0.717) is 17.6 Å². The molecule has 0 aliphatic heterocycles. The molecule has 0 heterocycles. The van der Waals surface area contributed by atoms with E-state index in [2.05, 4.69) is 46.0 Å². The molecule has 0 fully saturated rings. The van der Waals surface area contributed by atoms with Crippen LogP contribution in [-0.4, -0.2) is 26.7 Å². The lowest BCUT2D eigenvalue weighted by molar-refractivity contribution is -0.143. The first-order chi connectivity index (χ1) is 15.5. The van der Waals surface area contributed by atoms with Gasteiger partial charge in [-0.05, 0) is 41.3 Å². The molecular formula is C28H34O4Si. The Labute approximate surface area is 198 Å². The second-order valence-electron chi connectivity index (χ2n) is 10.6. The zero-order valence-electron chi connectivity index (χ0n) is 20.5. The molecule has 0 N–H and O–H groups in total. The zero-order valence-corrected chi connectivity index (χ0v) is 21.5. The van der Waals surface area contributed by atoms with Crippen molar-refractivity contribution in [2.45, 2.75) is 64.3 Å². The lowest BCUT2D eigenvalue weighted by atomic mass is 9.62. The second-order valence-corrected chi connectivity index (χ2v) is 15.3. The summed E-state index contributed by atoms with van der Waals surface area (Å²) in [6.45, 7) is 13.1. The molecule has 0 aromatic heterocycles. The summed E-state index contributed by atoms with van der Waals surface area (Å²) in [5.74, 6) is -0.298. The maximum absolute atomic E-state index is 14.0. The van der Waals surface area contributed by atoms with Gasteiger partial charge in [-0.15, -0.1) is 0 Å². The molecule has 0 spiro atoms. The standard InChI is InChI=1S/C28H34O4Si/c1-7-24(29)31-18-21-23-17-20-15-11-12-16-22(20)28(23,32-33(5,6)27(2,3)4)25(21)26(30)19-13-9-8-10-14-19/h8-16,23H,7,17-18H2,1-6H3/t23-,28+/m1/s1. The maximum atomic E-state index is 14.0. The van der Waals surface area contributed by atoms with Gasteiger partial charge in [0.2, 0.25) is 0 Å². The van der Waals surface area contributed by atoms with Gasteiger partial charge in [-0.3, -0.25) is 9.59 Å². The highest BCUT2D eigenvalue weighted by molar-refractivity contribution is 6.74. The number of ether oxygens (including phenoxy) is 1. The first-order valence-electron chi connectivity index (χ1n) is 11.8. The summed E-state index contributed by atoms with van der Waals surface area (Å²) in [6.07, 6.45) is 1.10. The third-order valence-corrected chi connectivity index (χ3v) is 12.1. The molecular weight excluding hydrogens is 428 g/mol. The molecule has 2 aliphatic rings. The van der Waals surface area contributed by atoms with E-state index < -0.39 is 13.9 Å². The average Bonchev–Trinajstić information content (AvgIpc) is 3.03. The molecule has 4 rings (SSSR count). The Bertz CT molecular complexity index is 1110. The van der Waals surface area contributed by atoms with Gasteiger partial charge in [0.05, 0.1) is 0 Å². The summed E-state index contributed by atoms with van der Waals surface area (Å²) < 4.78 is 12.8. The summed E-state index contributed by atoms with van der Waals surface area (Å²) in [5, 5.41) is -0.0187. The van der Waals surface area contributed by atoms with E-state index in [0.717, 1.165) is 17.6 Å². The smallest absolute Gasteiger partial charge is 0.305 e. The Hall–Kier alpha value is -2.50. The van der Waals surface area contributed by atoms with Crippen LogP contribution in [-0.2, 0) is 26.0 Å². The highest BCUT2D eigenvalue weighted by Gasteiger charge is 2.64. The van der Waals surface area contributed by atoms with Crippen LogP contribution < -0.4 is 0 Å². The molecule has 4 nitrogen and oxygen atoms in total. The van der Waals surface area contributed by atoms with Gasteiger partial charge in [0, 0.05) is 23.5 Å². The van der Waals surface area contributed by atoms with Crippen LogP contribution in [0.15, 0.2) is 65.7 Å². The zero-order chi connectivity index (χ0) is 24.0. The fourth-order valence-corrected chi connectivity index (χ4v) is 6.30. The summed E-state index contributed by atoms with van der Waals surface area (Å²) in [4.78, 5) is 26.0. The van der Waals surface area contributed by atoms with Crippen LogP contribution in [0.5, 0.6) is 0 Å². The second kappa shape index (κ2) is 8.37. The number of fused-ring (bicyclic) bond motifs is 3. The molecule has 174 valence electrons. The molecule has 0 saturated heterocycles. The fourth-order valence-electron chi connectivity index (χ4n) is 4.84. The molecule has 0 bridgehead atoms. The van der Waals surface area contributed by atoms with Crippen molar-refractivity contribution in [1.82, 2.24) is 0 Å². The lowest BCUT2D eigenvalue weighted by Gasteiger charge is -2.54. The van der Waals surface area contributed by atoms with Gasteiger partial charge in [-0.2, -0.15) is 0 Å². The number of esters is 1. The summed E-state index contributed by atoms with van der Waals surface area (Å²) in [5.41, 5.74) is 3.70. The van der Waals surface area contributed by atoms with E-state index in [4.69, 9.17) is 9.16 Å². The highest BCUT2D eigenvalue weighted by Crippen LogP contribution is 2.63. The third kappa shape index (κ3) is 3.81. The largest absolute Gasteiger partial charge is 0.461 e. The Morgan fingerprint density at radius 1 is 1.03 bits per heavy atom. The predicted molar refractivity (Wildman–Crippen MR) is 133 cm³/mol. The van der Waals surface area contributed by atoms with E-state index in [1.165, 1.54) is 5.56 Å². The fraction of sp³-hybridized carbons (Fsp3) is 0.429. The number of carbonyl (C=O) groups is 2. The van der Waals surface area contributed by atoms with Crippen molar-refractivity contribution < 1.29 is 18.8 Å². The molecule has 0 saturated carbocycles. The van der Waals surface area contributed by atoms with Gasteiger partial charge in [-0.25, -0.2) is 0 Å². The van der Waals surface area contributed by atoms with Crippen molar-refractivity contribution >= 4 is 20.1 Å². The van der Waals surface area contributed by atoms with Crippen LogP contribution in [0.2, 0.25) is 18.1 Å². The van der Waals surface area contributed by atoms with Crippen molar-refractivity contribution in [2.24, 2.45) is 5.92 Å². The van der Waals surface area contributed by atoms with Crippen LogP contribution in [0.4, 0.5) is 0 Å². The van der Waals surface area contributed by atoms with Crippen LogP contribution in [0.25, 0.3) is 0 Å². The van der Waals surface area contributed by atoms with Crippen LogP contribution in [0.3, 0.4) is 0 Å². The summed E-state index contributed by atoms with van der Waals surface area (Å²) >= 11 is 0. The van der Waals surface area contributed by atoms with Gasteiger partial charge in [0.1, 0.15) is 12.2 Å². The molecule has 2 aromatic rings. The minimum absolute atomic E-state index is 0.00339. The lowest BCUT2D eigenvalue weighted by Crippen LogP contribution is -2.58. The van der Waals surface area contributed by atoms with E-state index in [1.54, 1.807) is 6.92 Å². The molecule has 2 atom stereocenters. The minimum atomic E-state index is -2.27. The highest BCUT2D eigenvalue weighted by atomic mass is 28.4. The summed E-state index contributed by atoms with van der Waals surface area (Å²) in [7, 11) is -2.27. The number of hydrogen-bond acceptors (Lipinski definition) is 4. The first kappa shape index (κ1) is 23.6. The molecule has 2 aromatic carbocycles. The van der Waals surface area contributed by atoms with Gasteiger partial charge in [0.15, 0.2) is 14.1 Å². The number of ketones is 1. The van der Waals surface area contributed by atoms with Crippen molar-refractivity contribution in [3.8, 4) is 0 Å². The number of Topliss-reactive ketones (excluding diaryl/α,β-unsaturated/α-hetero) is 1. The van der Waals surface area contributed by atoms with Crippen molar-refractivity contribution in [3.05, 3.63) is 82.4 Å². The van der Waals surface area contributed by atoms with Crippen molar-refractivity contribution in [3.63, 3.8) is 0 Å². The van der Waals surface area contributed by atoms with Crippen LogP contribution >= 0.6 is 0 Å². The molecule has 0 radical (unpaired) electrons. The first-order valence-corrected chi connectivity index (χ1v) is 14.7. The molecule has 0 unspecified atom stereocenters. The Kier molecular flexibility index (Phi) is 6.00. The predicted octanol–water partition coefficient (Wildman–Crippen LogP) is 6.22. The van der Waals surface area contributed by atoms with E-state index in [1.807, 2.05) is 42.5 Å². The monoisotopic (exact) mass is 462 g/mol. The van der Waals surface area contributed by atoms with Gasteiger partial charge in [0.25, 0.3) is 0 Å². The number of benzene rings is 2. The normalized spacial score (nSPS) is 21.8. The average molecular weight is 463 g/mol. The van der Waals surface area contributed by atoms with E-state index in [9.17, 15) is 9.59 Å². The Morgan fingerprint density at radius 3 is 2.30 bits per heavy atom. The van der Waals surface area contributed by atoms with Gasteiger partial charge < -0.3 is 9.16 Å². The molecule has 5 heteroatoms. The van der Waals surface area contributed by atoms with E-state index in [-0.39, 0.29) is 29.3 Å². The minimum Gasteiger partial charge on any atom is -0.461 e. The van der Waals surface area contributed by atoms with Gasteiger partial charge >= 0.3 is 5.97 Å². The molecule has 0 amide bonds. The van der Waals surface area contributed by atoms with Crippen LogP contribution in [0, 0.1) is 5.92 Å². The molecule has 2 aliphatic carbocycles. The van der Waals surface area contributed by atoms with Crippen molar-refractivity contribution in [2.75, 3.05) is 6.61 Å². The van der Waals surface area contributed by atoms with E-state index >= 15 is 0 Å². The quantitative estimate of drug-likeness (QED) is 0.278. The SMILES string of the molecule is CCC(=O)OCC1=C(C(=O)c2ccccc2)[C@]2(O[Si](C)(C)C(C)(C)C)c3ccccc3C[C@H]12. The number of rotatable bonds is 7. The topological polar surface area (TPSA) is 52.6 Å². The summed E-state index contributed by atoms with van der Waals surface area (Å²) in [6, 6.07) is 17.7. The number of carbonyl (C=O) groups excluding carboxylic acids is 2. The van der Waals surface area contributed by atoms with Crippen molar-refractivity contribution in [1.29, 1.82) is 0 Å².